The topological polar surface area (TPSA) is 57.3 Å². The molecule has 156 valence electrons. The minimum absolute atomic E-state index is 0.0977. The van der Waals surface area contributed by atoms with Crippen LogP contribution < -0.4 is 15.5 Å². The Hall–Kier alpha value is -2.77. The Morgan fingerprint density at radius 2 is 1.59 bits per heavy atom. The lowest BCUT2D eigenvalue weighted by molar-refractivity contribution is 0.0925. The fourth-order valence-electron chi connectivity index (χ4n) is 3.53. The van der Waals surface area contributed by atoms with Crippen molar-refractivity contribution in [3.05, 3.63) is 53.0 Å². The standard InChI is InChI=1S/C21H25F3N4O/c1-12-8-16(28(2)3)11-19(25-12)26-14-4-6-15(7-5-14)27-21(29)13-9-17(22)20(24)18(23)10-13/h8-11,14-15H,4-7H2,1-3H3,(H,25,26)(H,27,29)/t14-,15+. The molecule has 1 aliphatic rings. The number of amides is 1. The number of rotatable bonds is 5. The number of nitrogens with one attached hydrogen (secondary N) is 2. The van der Waals surface area contributed by atoms with Crippen molar-refractivity contribution in [3.63, 3.8) is 0 Å². The van der Waals surface area contributed by atoms with Crippen LogP contribution in [0.1, 0.15) is 41.7 Å². The van der Waals surface area contributed by atoms with Crippen LogP contribution in [0.15, 0.2) is 24.3 Å². The third kappa shape index (κ3) is 5.19. The summed E-state index contributed by atoms with van der Waals surface area (Å²) in [5.41, 5.74) is 1.78. The van der Waals surface area contributed by atoms with Crippen LogP contribution in [0.2, 0.25) is 0 Å². The van der Waals surface area contributed by atoms with Crippen LogP contribution in [0, 0.1) is 24.4 Å². The van der Waals surface area contributed by atoms with E-state index in [0.29, 0.717) is 12.1 Å². The van der Waals surface area contributed by atoms with E-state index in [9.17, 15) is 18.0 Å². The molecule has 2 aromatic rings. The van der Waals surface area contributed by atoms with E-state index in [0.717, 1.165) is 42.9 Å². The summed E-state index contributed by atoms with van der Waals surface area (Å²) in [7, 11) is 3.95. The normalized spacial score (nSPS) is 19.0. The van der Waals surface area contributed by atoms with Crippen molar-refractivity contribution in [2.45, 2.75) is 44.7 Å². The van der Waals surface area contributed by atoms with Crippen molar-refractivity contribution < 1.29 is 18.0 Å². The first-order chi connectivity index (χ1) is 13.7. The van der Waals surface area contributed by atoms with Gasteiger partial charge in [0, 0.05) is 49.2 Å². The van der Waals surface area contributed by atoms with E-state index in [4.69, 9.17) is 0 Å². The smallest absolute Gasteiger partial charge is 0.251 e. The lowest BCUT2D eigenvalue weighted by Crippen LogP contribution is -2.40. The molecule has 3 rings (SSSR count). The Kier molecular flexibility index (Phi) is 6.30. The lowest BCUT2D eigenvalue weighted by Gasteiger charge is -2.30. The summed E-state index contributed by atoms with van der Waals surface area (Å²) in [6, 6.07) is 5.57. The number of hydrogen-bond acceptors (Lipinski definition) is 4. The van der Waals surface area contributed by atoms with E-state index in [2.05, 4.69) is 15.6 Å². The molecular formula is C21H25F3N4O. The molecule has 2 N–H and O–H groups in total. The number of anilines is 2. The molecular weight excluding hydrogens is 381 g/mol. The zero-order valence-electron chi connectivity index (χ0n) is 16.7. The van der Waals surface area contributed by atoms with Crippen molar-refractivity contribution in [2.75, 3.05) is 24.3 Å². The molecule has 1 aromatic heterocycles. The summed E-state index contributed by atoms with van der Waals surface area (Å²) in [5.74, 6) is -4.10. The van der Waals surface area contributed by atoms with Crippen LogP contribution in [-0.4, -0.2) is 37.1 Å². The van der Waals surface area contributed by atoms with Crippen LogP contribution >= 0.6 is 0 Å². The highest BCUT2D eigenvalue weighted by Crippen LogP contribution is 2.24. The number of aromatic nitrogens is 1. The van der Waals surface area contributed by atoms with Crippen molar-refractivity contribution >= 4 is 17.4 Å². The molecule has 1 fully saturated rings. The van der Waals surface area contributed by atoms with Crippen LogP contribution in [0.5, 0.6) is 0 Å². The molecule has 5 nitrogen and oxygen atoms in total. The summed E-state index contributed by atoms with van der Waals surface area (Å²) in [6.45, 7) is 1.95. The van der Waals surface area contributed by atoms with Gasteiger partial charge in [0.1, 0.15) is 5.82 Å². The first-order valence-corrected chi connectivity index (χ1v) is 9.61. The molecule has 0 atom stereocenters. The second kappa shape index (κ2) is 8.71. The van der Waals surface area contributed by atoms with Crippen LogP contribution in [0.25, 0.3) is 0 Å². The van der Waals surface area contributed by atoms with Crippen molar-refractivity contribution in [1.82, 2.24) is 10.3 Å². The average Bonchev–Trinajstić information content (AvgIpc) is 2.66. The third-order valence-electron chi connectivity index (χ3n) is 5.11. The molecule has 1 heterocycles. The van der Waals surface area contributed by atoms with Crippen molar-refractivity contribution in [2.24, 2.45) is 0 Å². The predicted octanol–water partition coefficient (Wildman–Crippen LogP) is 4.03. The SMILES string of the molecule is Cc1cc(N(C)C)cc(N[C@H]2CC[C@@H](NC(=O)c3cc(F)c(F)c(F)c3)CC2)n1. The molecule has 8 heteroatoms. The van der Waals surface area contributed by atoms with Gasteiger partial charge in [-0.15, -0.1) is 0 Å². The Labute approximate surface area is 168 Å². The number of aryl methyl sites for hydroxylation is 1. The van der Waals surface area contributed by atoms with Gasteiger partial charge >= 0.3 is 0 Å². The number of hydrogen-bond donors (Lipinski definition) is 2. The maximum atomic E-state index is 13.3. The van der Waals surface area contributed by atoms with Gasteiger partial charge in [-0.3, -0.25) is 4.79 Å². The lowest BCUT2D eigenvalue weighted by atomic mass is 9.91. The first kappa shape index (κ1) is 21.0. The van der Waals surface area contributed by atoms with Gasteiger partial charge < -0.3 is 15.5 Å². The maximum absolute atomic E-state index is 13.3. The van der Waals surface area contributed by atoms with E-state index >= 15 is 0 Å². The van der Waals surface area contributed by atoms with Gasteiger partial charge in [0.05, 0.1) is 0 Å². The Morgan fingerprint density at radius 1 is 1.00 bits per heavy atom. The molecule has 1 aliphatic carbocycles. The molecule has 1 saturated carbocycles. The number of pyridine rings is 1. The monoisotopic (exact) mass is 406 g/mol. The summed E-state index contributed by atoms with van der Waals surface area (Å²) in [6.07, 6.45) is 3.10. The minimum Gasteiger partial charge on any atom is -0.377 e. The minimum atomic E-state index is -1.57. The predicted molar refractivity (Wildman–Crippen MR) is 107 cm³/mol. The summed E-state index contributed by atoms with van der Waals surface area (Å²) >= 11 is 0. The molecule has 0 saturated heterocycles. The van der Waals surface area contributed by atoms with Gasteiger partial charge in [-0.1, -0.05) is 0 Å². The molecule has 0 unspecified atom stereocenters. The average molecular weight is 406 g/mol. The number of carbonyl (C=O) groups excluding carboxylic acids is 1. The molecule has 1 amide bonds. The van der Waals surface area contributed by atoms with Crippen LogP contribution in [0.4, 0.5) is 24.7 Å². The molecule has 0 bridgehead atoms. The summed E-state index contributed by atoms with van der Waals surface area (Å²) < 4.78 is 39.7. The second-order valence-corrected chi connectivity index (χ2v) is 7.67. The van der Waals surface area contributed by atoms with Crippen LogP contribution in [-0.2, 0) is 0 Å². The highest BCUT2D eigenvalue weighted by atomic mass is 19.2. The van der Waals surface area contributed by atoms with E-state index < -0.39 is 23.4 Å². The molecule has 0 aliphatic heterocycles. The largest absolute Gasteiger partial charge is 0.377 e. The summed E-state index contributed by atoms with van der Waals surface area (Å²) in [4.78, 5) is 18.8. The molecule has 29 heavy (non-hydrogen) atoms. The first-order valence-electron chi connectivity index (χ1n) is 9.61. The third-order valence-corrected chi connectivity index (χ3v) is 5.11. The van der Waals surface area contributed by atoms with Crippen LogP contribution in [0.3, 0.4) is 0 Å². The molecule has 0 radical (unpaired) electrons. The number of halogens is 3. The van der Waals surface area contributed by atoms with Crippen molar-refractivity contribution in [1.29, 1.82) is 0 Å². The molecule has 0 spiro atoms. The fraction of sp³-hybridized carbons (Fsp3) is 0.429. The van der Waals surface area contributed by atoms with Gasteiger partial charge in [0.2, 0.25) is 0 Å². The van der Waals surface area contributed by atoms with E-state index in [1.807, 2.05) is 38.1 Å². The van der Waals surface area contributed by atoms with Gasteiger partial charge in [-0.2, -0.15) is 0 Å². The molecule has 1 aromatic carbocycles. The number of benzene rings is 1. The number of carbonyl (C=O) groups is 1. The Bertz CT molecular complexity index is 872. The van der Waals surface area contributed by atoms with Gasteiger partial charge in [-0.05, 0) is 50.8 Å². The van der Waals surface area contributed by atoms with E-state index in [-0.39, 0.29) is 17.6 Å². The highest BCUT2D eigenvalue weighted by molar-refractivity contribution is 5.94. The highest BCUT2D eigenvalue weighted by Gasteiger charge is 2.24. The van der Waals surface area contributed by atoms with Gasteiger partial charge in [-0.25, -0.2) is 18.2 Å². The second-order valence-electron chi connectivity index (χ2n) is 7.67. The van der Waals surface area contributed by atoms with E-state index in [1.54, 1.807) is 0 Å². The zero-order chi connectivity index (χ0) is 21.1. The number of nitrogens with zero attached hydrogens (tertiary/aromatic N) is 2. The maximum Gasteiger partial charge on any atom is 0.251 e. The fourth-order valence-corrected chi connectivity index (χ4v) is 3.53. The zero-order valence-corrected chi connectivity index (χ0v) is 16.7. The Balaban J connectivity index is 1.55. The van der Waals surface area contributed by atoms with Gasteiger partial charge in [0.25, 0.3) is 5.91 Å². The summed E-state index contributed by atoms with van der Waals surface area (Å²) in [5, 5.41) is 6.23. The van der Waals surface area contributed by atoms with Crippen molar-refractivity contribution in [3.8, 4) is 0 Å². The van der Waals surface area contributed by atoms with E-state index in [1.165, 1.54) is 0 Å². The quantitative estimate of drug-likeness (QED) is 0.737. The van der Waals surface area contributed by atoms with Gasteiger partial charge in [0.15, 0.2) is 17.5 Å². The Morgan fingerprint density at radius 3 is 2.17 bits per heavy atom.